The van der Waals surface area contributed by atoms with Gasteiger partial charge in [-0.1, -0.05) is 37.3 Å². The van der Waals surface area contributed by atoms with Gasteiger partial charge in [0.25, 0.3) is 0 Å². The number of halogens is 2. The number of ether oxygens (including phenoxy) is 3. The average Bonchev–Trinajstić information content (AvgIpc) is 4.02. The van der Waals surface area contributed by atoms with Crippen molar-refractivity contribution in [1.82, 2.24) is 29.1 Å². The summed E-state index contributed by atoms with van der Waals surface area (Å²) in [5.41, 5.74) is 2.84. The molecule has 4 atom stereocenters. The van der Waals surface area contributed by atoms with E-state index in [0.29, 0.717) is 32.7 Å². The molecule has 0 radical (unpaired) electrons. The molecular formula is C43H46F2N8O4. The van der Waals surface area contributed by atoms with Gasteiger partial charge in [0, 0.05) is 61.5 Å². The van der Waals surface area contributed by atoms with Gasteiger partial charge in [0.05, 0.1) is 37.7 Å². The van der Waals surface area contributed by atoms with E-state index in [0.717, 1.165) is 60.6 Å². The number of nitrogens with zero attached hydrogens (tertiary/aromatic N) is 8. The molecule has 0 aliphatic carbocycles. The van der Waals surface area contributed by atoms with Crippen LogP contribution in [-0.2, 0) is 21.8 Å². The standard InChI is InChI=1S/C43H46F2N8O4/c1-3-41(31(2)55-25-32-7-5-4-6-8-32)53-42(54)51(30-48-53)37-12-10-35(11-13-37)49-19-21-50(22-20-49)36-14-16-38(17-15-36)56-26-33-24-43(57-27-33,52-29-46-28-47-52)39-18-9-34(44)23-40(39)45/h4-18,23,28-31,33,41H,3,19-22,24-27H2,1-2H3/t31-,33+,41-,43+/m0/s1. The quantitative estimate of drug-likeness (QED) is 0.121. The third-order valence-electron chi connectivity index (χ3n) is 11.0. The van der Waals surface area contributed by atoms with Crippen molar-refractivity contribution in [3.8, 4) is 11.4 Å². The number of hydrogen-bond acceptors (Lipinski definition) is 9. The summed E-state index contributed by atoms with van der Waals surface area (Å²) in [6, 6.07) is 29.4. The molecule has 2 aromatic heterocycles. The van der Waals surface area contributed by atoms with Crippen LogP contribution in [0.15, 0.2) is 121 Å². The summed E-state index contributed by atoms with van der Waals surface area (Å²) in [7, 11) is 0. The number of piperazine rings is 1. The molecular weight excluding hydrogens is 731 g/mol. The fraction of sp³-hybridized carbons (Fsp3) is 0.349. The van der Waals surface area contributed by atoms with Crippen LogP contribution in [0.1, 0.15) is 43.9 Å². The number of hydrogen-bond donors (Lipinski definition) is 0. The van der Waals surface area contributed by atoms with Gasteiger partial charge in [0.2, 0.25) is 0 Å². The second-order valence-electron chi connectivity index (χ2n) is 14.6. The Morgan fingerprint density at radius 3 is 2.19 bits per heavy atom. The lowest BCUT2D eigenvalue weighted by atomic mass is 9.94. The smallest absolute Gasteiger partial charge is 0.350 e. The molecule has 0 unspecified atom stereocenters. The van der Waals surface area contributed by atoms with Gasteiger partial charge in [0.1, 0.15) is 36.4 Å². The normalized spacial score (nSPS) is 19.5. The first kappa shape index (κ1) is 38.0. The van der Waals surface area contributed by atoms with E-state index in [1.165, 1.54) is 34.2 Å². The van der Waals surface area contributed by atoms with Gasteiger partial charge >= 0.3 is 5.69 Å². The van der Waals surface area contributed by atoms with Crippen molar-refractivity contribution in [2.24, 2.45) is 5.92 Å². The number of anilines is 2. The van der Waals surface area contributed by atoms with E-state index in [4.69, 9.17) is 14.2 Å². The molecule has 2 aliphatic rings. The summed E-state index contributed by atoms with van der Waals surface area (Å²) in [5.74, 6) is -0.690. The van der Waals surface area contributed by atoms with E-state index < -0.39 is 17.4 Å². The van der Waals surface area contributed by atoms with Crippen LogP contribution < -0.4 is 20.2 Å². The van der Waals surface area contributed by atoms with Crippen LogP contribution in [0.25, 0.3) is 5.69 Å². The zero-order valence-electron chi connectivity index (χ0n) is 32.0. The average molecular weight is 777 g/mol. The van der Waals surface area contributed by atoms with E-state index in [1.54, 1.807) is 10.9 Å². The van der Waals surface area contributed by atoms with Gasteiger partial charge in [-0.2, -0.15) is 10.2 Å². The molecule has 4 heterocycles. The van der Waals surface area contributed by atoms with E-state index >= 15 is 0 Å². The van der Waals surface area contributed by atoms with Crippen molar-refractivity contribution in [2.45, 2.75) is 51.2 Å². The largest absolute Gasteiger partial charge is 0.493 e. The second-order valence-corrected chi connectivity index (χ2v) is 14.6. The SMILES string of the molecule is CC[C@@H]([C@H](C)OCc1ccccc1)n1ncn(-c2ccc(N3CCN(c4ccc(OC[C@@H]5CO[C@](c6ccc(F)cc6F)(n6cncn6)C5)cc4)CC3)cc2)c1=O. The Labute approximate surface area is 329 Å². The predicted molar refractivity (Wildman–Crippen MR) is 212 cm³/mol. The summed E-state index contributed by atoms with van der Waals surface area (Å²) in [6.07, 6.45) is 5.34. The molecule has 0 N–H and O–H groups in total. The fourth-order valence-corrected chi connectivity index (χ4v) is 7.90. The Hall–Kier alpha value is -5.86. The molecule has 296 valence electrons. The highest BCUT2D eigenvalue weighted by molar-refractivity contribution is 5.54. The minimum absolute atomic E-state index is 0.0631. The van der Waals surface area contributed by atoms with Crippen LogP contribution in [0.4, 0.5) is 20.2 Å². The molecule has 2 fully saturated rings. The molecule has 57 heavy (non-hydrogen) atoms. The van der Waals surface area contributed by atoms with Crippen LogP contribution in [0, 0.1) is 17.6 Å². The third kappa shape index (κ3) is 8.05. The lowest BCUT2D eigenvalue weighted by molar-refractivity contribution is -0.0390. The van der Waals surface area contributed by atoms with Crippen LogP contribution in [0.2, 0.25) is 0 Å². The third-order valence-corrected chi connectivity index (χ3v) is 11.0. The van der Waals surface area contributed by atoms with Crippen molar-refractivity contribution < 1.29 is 23.0 Å². The highest BCUT2D eigenvalue weighted by atomic mass is 19.1. The highest BCUT2D eigenvalue weighted by Crippen LogP contribution is 2.41. The maximum Gasteiger partial charge on any atom is 0.350 e. The molecule has 2 saturated heterocycles. The van der Waals surface area contributed by atoms with Gasteiger partial charge in [-0.25, -0.2) is 32.5 Å². The summed E-state index contributed by atoms with van der Waals surface area (Å²) in [4.78, 5) is 22.2. The number of aromatic nitrogens is 6. The summed E-state index contributed by atoms with van der Waals surface area (Å²) >= 11 is 0. The molecule has 8 rings (SSSR count). The molecule has 2 aliphatic heterocycles. The van der Waals surface area contributed by atoms with Crippen LogP contribution in [-0.4, -0.2) is 74.6 Å². The Morgan fingerprint density at radius 1 is 0.860 bits per heavy atom. The first-order valence-corrected chi connectivity index (χ1v) is 19.4. The molecule has 12 nitrogen and oxygen atoms in total. The van der Waals surface area contributed by atoms with Gasteiger partial charge in [-0.3, -0.25) is 0 Å². The Kier molecular flexibility index (Phi) is 11.1. The van der Waals surface area contributed by atoms with Gasteiger partial charge in [-0.15, -0.1) is 0 Å². The molecule has 0 saturated carbocycles. The van der Waals surface area contributed by atoms with Crippen LogP contribution >= 0.6 is 0 Å². The fourth-order valence-electron chi connectivity index (χ4n) is 7.90. The van der Waals surface area contributed by atoms with Crippen molar-refractivity contribution in [3.05, 3.63) is 149 Å². The van der Waals surface area contributed by atoms with E-state index in [1.807, 2.05) is 68.4 Å². The summed E-state index contributed by atoms with van der Waals surface area (Å²) < 4.78 is 51.8. The Balaban J connectivity index is 0.832. The molecule has 4 aromatic carbocycles. The van der Waals surface area contributed by atoms with Gasteiger partial charge in [0.15, 0.2) is 5.72 Å². The first-order valence-electron chi connectivity index (χ1n) is 19.4. The van der Waals surface area contributed by atoms with Crippen molar-refractivity contribution in [1.29, 1.82) is 0 Å². The van der Waals surface area contributed by atoms with E-state index in [9.17, 15) is 13.6 Å². The zero-order chi connectivity index (χ0) is 39.4. The molecule has 0 spiro atoms. The van der Waals surface area contributed by atoms with Crippen molar-refractivity contribution >= 4 is 11.4 Å². The monoisotopic (exact) mass is 776 g/mol. The summed E-state index contributed by atoms with van der Waals surface area (Å²) in [5, 5.41) is 8.72. The maximum absolute atomic E-state index is 15.0. The Bertz CT molecular complexity index is 2280. The Morgan fingerprint density at radius 2 is 1.54 bits per heavy atom. The van der Waals surface area contributed by atoms with Gasteiger partial charge in [-0.05, 0) is 79.6 Å². The van der Waals surface area contributed by atoms with Crippen molar-refractivity contribution in [2.75, 3.05) is 49.2 Å². The molecule has 6 aromatic rings. The lowest BCUT2D eigenvalue weighted by Gasteiger charge is -2.37. The molecule has 0 amide bonds. The predicted octanol–water partition coefficient (Wildman–Crippen LogP) is 6.60. The highest BCUT2D eigenvalue weighted by Gasteiger charge is 2.46. The second kappa shape index (κ2) is 16.7. The number of benzene rings is 4. The van der Waals surface area contributed by atoms with Crippen LogP contribution in [0.5, 0.6) is 5.75 Å². The zero-order valence-corrected chi connectivity index (χ0v) is 32.0. The van der Waals surface area contributed by atoms with E-state index in [2.05, 4.69) is 49.2 Å². The van der Waals surface area contributed by atoms with Crippen molar-refractivity contribution in [3.63, 3.8) is 0 Å². The van der Waals surface area contributed by atoms with E-state index in [-0.39, 0.29) is 29.3 Å². The van der Waals surface area contributed by atoms with Crippen LogP contribution in [0.3, 0.4) is 0 Å². The first-order chi connectivity index (χ1) is 27.8. The lowest BCUT2D eigenvalue weighted by Crippen LogP contribution is -2.46. The maximum atomic E-state index is 15.0. The minimum Gasteiger partial charge on any atom is -0.493 e. The topological polar surface area (TPSA) is 105 Å². The number of rotatable bonds is 14. The minimum atomic E-state index is -1.24. The molecule has 14 heteroatoms. The van der Waals surface area contributed by atoms with Gasteiger partial charge < -0.3 is 24.0 Å². The summed E-state index contributed by atoms with van der Waals surface area (Å²) in [6.45, 7) is 8.57. The molecule has 0 bridgehead atoms.